The van der Waals surface area contributed by atoms with E-state index >= 15 is 0 Å². The molecule has 0 atom stereocenters. The Labute approximate surface area is 104 Å². The average Bonchev–Trinajstić information content (AvgIpc) is 2.39. The van der Waals surface area contributed by atoms with Crippen molar-refractivity contribution < 1.29 is 13.6 Å². The van der Waals surface area contributed by atoms with E-state index in [1.807, 2.05) is 0 Å². The lowest BCUT2D eigenvalue weighted by Crippen LogP contribution is -1.92. The number of nitrogens with zero attached hydrogens (tertiary/aromatic N) is 1. The minimum Gasteiger partial charge on any atom is -0.391 e. The van der Waals surface area contributed by atoms with Crippen LogP contribution in [-0.4, -0.2) is 6.21 Å². The molecule has 0 amide bonds. The summed E-state index contributed by atoms with van der Waals surface area (Å²) < 4.78 is 25.8. The van der Waals surface area contributed by atoms with E-state index in [-0.39, 0.29) is 18.2 Å². The maximum Gasteiger partial charge on any atom is 0.145 e. The largest absolute Gasteiger partial charge is 0.391 e. The van der Waals surface area contributed by atoms with Gasteiger partial charge in [-0.05, 0) is 23.8 Å². The van der Waals surface area contributed by atoms with Gasteiger partial charge in [0.1, 0.15) is 18.2 Å². The van der Waals surface area contributed by atoms with Gasteiger partial charge in [0, 0.05) is 5.56 Å². The SMILES string of the molecule is Fc1ccc(/C=N/OCc2ccccc2F)cc1. The third kappa shape index (κ3) is 3.38. The monoisotopic (exact) mass is 247 g/mol. The molecule has 0 saturated carbocycles. The highest BCUT2D eigenvalue weighted by atomic mass is 19.1. The Balaban J connectivity index is 1.89. The molecule has 4 heteroatoms. The van der Waals surface area contributed by atoms with E-state index in [0.717, 1.165) is 0 Å². The van der Waals surface area contributed by atoms with Crippen molar-refractivity contribution in [2.45, 2.75) is 6.61 Å². The van der Waals surface area contributed by atoms with Crippen molar-refractivity contribution in [2.24, 2.45) is 5.16 Å². The first-order valence-electron chi connectivity index (χ1n) is 5.40. The summed E-state index contributed by atoms with van der Waals surface area (Å²) in [5.41, 5.74) is 1.15. The van der Waals surface area contributed by atoms with Gasteiger partial charge >= 0.3 is 0 Å². The van der Waals surface area contributed by atoms with Gasteiger partial charge in [-0.15, -0.1) is 0 Å². The molecule has 0 aromatic heterocycles. The number of halogens is 2. The molecule has 0 bridgehead atoms. The van der Waals surface area contributed by atoms with Crippen molar-refractivity contribution in [2.75, 3.05) is 0 Å². The summed E-state index contributed by atoms with van der Waals surface area (Å²) in [7, 11) is 0. The van der Waals surface area contributed by atoms with E-state index in [2.05, 4.69) is 5.16 Å². The Bertz CT molecular complexity index is 538. The van der Waals surface area contributed by atoms with Crippen molar-refractivity contribution in [1.82, 2.24) is 0 Å². The number of hydrogen-bond donors (Lipinski definition) is 0. The molecule has 18 heavy (non-hydrogen) atoms. The Kier molecular flexibility index (Phi) is 4.02. The van der Waals surface area contributed by atoms with Gasteiger partial charge in [0.25, 0.3) is 0 Å². The first-order chi connectivity index (χ1) is 8.75. The molecule has 0 fully saturated rings. The molecular weight excluding hydrogens is 236 g/mol. The van der Waals surface area contributed by atoms with Crippen LogP contribution in [0, 0.1) is 11.6 Å². The summed E-state index contributed by atoms with van der Waals surface area (Å²) in [5, 5.41) is 3.69. The summed E-state index contributed by atoms with van der Waals surface area (Å²) >= 11 is 0. The van der Waals surface area contributed by atoms with E-state index in [1.165, 1.54) is 24.4 Å². The third-order valence-corrected chi connectivity index (χ3v) is 2.32. The van der Waals surface area contributed by atoms with Crippen LogP contribution in [0.3, 0.4) is 0 Å². The molecule has 0 aliphatic heterocycles. The minimum absolute atomic E-state index is 0.0599. The Morgan fingerprint density at radius 1 is 1.00 bits per heavy atom. The maximum absolute atomic E-state index is 13.2. The summed E-state index contributed by atoms with van der Waals surface area (Å²) in [5.74, 6) is -0.631. The summed E-state index contributed by atoms with van der Waals surface area (Å²) in [6, 6.07) is 12.1. The summed E-state index contributed by atoms with van der Waals surface area (Å²) in [6.45, 7) is 0.0599. The normalized spacial score (nSPS) is 10.8. The molecule has 0 radical (unpaired) electrons. The van der Waals surface area contributed by atoms with E-state index in [4.69, 9.17) is 4.84 Å². The number of oxime groups is 1. The molecule has 0 unspecified atom stereocenters. The minimum atomic E-state index is -0.325. The first-order valence-corrected chi connectivity index (χ1v) is 5.40. The standard InChI is InChI=1S/C14H11F2NO/c15-13-7-5-11(6-8-13)9-17-18-10-12-3-1-2-4-14(12)16/h1-9H,10H2/b17-9+. The van der Waals surface area contributed by atoms with Gasteiger partial charge in [0.15, 0.2) is 0 Å². The quantitative estimate of drug-likeness (QED) is 0.598. The number of hydrogen-bond acceptors (Lipinski definition) is 2. The number of rotatable bonds is 4. The fraction of sp³-hybridized carbons (Fsp3) is 0.0714. The van der Waals surface area contributed by atoms with Gasteiger partial charge < -0.3 is 4.84 Å². The van der Waals surface area contributed by atoms with Crippen LogP contribution in [-0.2, 0) is 11.4 Å². The molecule has 0 N–H and O–H groups in total. The second-order valence-corrected chi connectivity index (χ2v) is 3.65. The van der Waals surface area contributed by atoms with Crippen LogP contribution in [0.2, 0.25) is 0 Å². The highest BCUT2D eigenvalue weighted by Crippen LogP contribution is 2.07. The molecule has 0 saturated heterocycles. The van der Waals surface area contributed by atoms with Gasteiger partial charge in [0.05, 0.1) is 6.21 Å². The predicted molar refractivity (Wildman–Crippen MR) is 65.2 cm³/mol. The highest BCUT2D eigenvalue weighted by Gasteiger charge is 1.99. The molecule has 2 nitrogen and oxygen atoms in total. The molecule has 0 spiro atoms. The molecule has 2 aromatic rings. The average molecular weight is 247 g/mol. The highest BCUT2D eigenvalue weighted by molar-refractivity contribution is 5.78. The molecular formula is C14H11F2NO. The lowest BCUT2D eigenvalue weighted by atomic mass is 10.2. The van der Waals surface area contributed by atoms with Crippen LogP contribution >= 0.6 is 0 Å². The second-order valence-electron chi connectivity index (χ2n) is 3.65. The van der Waals surface area contributed by atoms with Crippen LogP contribution in [0.15, 0.2) is 53.7 Å². The first kappa shape index (κ1) is 12.2. The fourth-order valence-electron chi connectivity index (χ4n) is 1.37. The second kappa shape index (κ2) is 5.91. The number of benzene rings is 2. The van der Waals surface area contributed by atoms with Crippen LogP contribution in [0.25, 0.3) is 0 Å². The topological polar surface area (TPSA) is 21.6 Å². The molecule has 0 aliphatic rings. The molecule has 2 aromatic carbocycles. The Hall–Kier alpha value is -2.23. The van der Waals surface area contributed by atoms with Gasteiger partial charge in [-0.1, -0.05) is 35.5 Å². The lowest BCUT2D eigenvalue weighted by molar-refractivity contribution is 0.129. The fourth-order valence-corrected chi connectivity index (χ4v) is 1.37. The van der Waals surface area contributed by atoms with Crippen LogP contribution < -0.4 is 0 Å². The third-order valence-electron chi connectivity index (χ3n) is 2.32. The lowest BCUT2D eigenvalue weighted by Gasteiger charge is -2.00. The van der Waals surface area contributed by atoms with Crippen LogP contribution in [0.4, 0.5) is 8.78 Å². The van der Waals surface area contributed by atoms with E-state index in [0.29, 0.717) is 11.1 Å². The van der Waals surface area contributed by atoms with E-state index in [1.54, 1.807) is 30.3 Å². The Morgan fingerprint density at radius 3 is 2.44 bits per heavy atom. The molecule has 2 rings (SSSR count). The van der Waals surface area contributed by atoms with E-state index in [9.17, 15) is 8.78 Å². The summed E-state index contributed by atoms with van der Waals surface area (Å²) in [6.07, 6.45) is 1.44. The van der Waals surface area contributed by atoms with Crippen molar-refractivity contribution in [3.63, 3.8) is 0 Å². The predicted octanol–water partition coefficient (Wildman–Crippen LogP) is 3.52. The van der Waals surface area contributed by atoms with E-state index < -0.39 is 0 Å². The summed E-state index contributed by atoms with van der Waals surface area (Å²) in [4.78, 5) is 4.97. The van der Waals surface area contributed by atoms with Gasteiger partial charge in [-0.25, -0.2) is 8.78 Å². The molecule has 0 heterocycles. The molecule has 92 valence electrons. The zero-order valence-electron chi connectivity index (χ0n) is 9.51. The van der Waals surface area contributed by atoms with Crippen LogP contribution in [0.5, 0.6) is 0 Å². The van der Waals surface area contributed by atoms with Crippen molar-refractivity contribution in [1.29, 1.82) is 0 Å². The zero-order valence-corrected chi connectivity index (χ0v) is 9.51. The van der Waals surface area contributed by atoms with Gasteiger partial charge in [-0.3, -0.25) is 0 Å². The Morgan fingerprint density at radius 2 is 1.72 bits per heavy atom. The van der Waals surface area contributed by atoms with Crippen molar-refractivity contribution >= 4 is 6.21 Å². The van der Waals surface area contributed by atoms with Crippen molar-refractivity contribution in [3.05, 3.63) is 71.3 Å². The molecule has 0 aliphatic carbocycles. The maximum atomic E-state index is 13.2. The van der Waals surface area contributed by atoms with Crippen molar-refractivity contribution in [3.8, 4) is 0 Å². The van der Waals surface area contributed by atoms with Crippen LogP contribution in [0.1, 0.15) is 11.1 Å². The zero-order chi connectivity index (χ0) is 12.8. The smallest absolute Gasteiger partial charge is 0.145 e. The van der Waals surface area contributed by atoms with Gasteiger partial charge in [-0.2, -0.15) is 0 Å². The van der Waals surface area contributed by atoms with Gasteiger partial charge in [0.2, 0.25) is 0 Å².